The van der Waals surface area contributed by atoms with Crippen molar-refractivity contribution in [1.82, 2.24) is 10.3 Å². The van der Waals surface area contributed by atoms with Gasteiger partial charge in [0, 0.05) is 12.1 Å². The van der Waals surface area contributed by atoms with Crippen LogP contribution < -0.4 is 15.4 Å². The van der Waals surface area contributed by atoms with E-state index in [-0.39, 0.29) is 17.6 Å². The SMILES string of the molecule is Cc1ccc(OCC(=O)NC(=S)Nc2ccc(Cc3nc4cc(C(C)C)ccc4o3)cc2)c(C)c1. The Morgan fingerprint density at radius 3 is 2.54 bits per heavy atom. The lowest BCUT2D eigenvalue weighted by atomic mass is 10.0. The van der Waals surface area contributed by atoms with Crippen molar-refractivity contribution in [3.8, 4) is 5.75 Å². The number of hydrogen-bond acceptors (Lipinski definition) is 5. The Bertz CT molecular complexity index is 1360. The minimum Gasteiger partial charge on any atom is -0.483 e. The quantitative estimate of drug-likeness (QED) is 0.309. The fraction of sp³-hybridized carbons (Fsp3) is 0.250. The lowest BCUT2D eigenvalue weighted by Crippen LogP contribution is -2.37. The molecule has 4 rings (SSSR count). The second-order valence-electron chi connectivity index (χ2n) is 8.92. The fourth-order valence-corrected chi connectivity index (χ4v) is 3.97. The zero-order valence-electron chi connectivity index (χ0n) is 20.3. The Kier molecular flexibility index (Phi) is 7.46. The summed E-state index contributed by atoms with van der Waals surface area (Å²) in [6, 6.07) is 19.7. The molecule has 180 valence electrons. The maximum Gasteiger partial charge on any atom is 0.264 e. The highest BCUT2D eigenvalue weighted by atomic mass is 32.1. The van der Waals surface area contributed by atoms with Gasteiger partial charge in [0.15, 0.2) is 23.2 Å². The van der Waals surface area contributed by atoms with Gasteiger partial charge in [-0.3, -0.25) is 10.1 Å². The van der Waals surface area contributed by atoms with Crippen LogP contribution >= 0.6 is 12.2 Å². The summed E-state index contributed by atoms with van der Waals surface area (Å²) >= 11 is 5.27. The van der Waals surface area contributed by atoms with Crippen LogP contribution in [-0.4, -0.2) is 22.6 Å². The molecule has 0 saturated heterocycles. The molecule has 6 nitrogen and oxygen atoms in total. The third-order valence-electron chi connectivity index (χ3n) is 5.63. The lowest BCUT2D eigenvalue weighted by Gasteiger charge is -2.12. The molecule has 0 aliphatic carbocycles. The van der Waals surface area contributed by atoms with Crippen molar-refractivity contribution in [1.29, 1.82) is 0 Å². The molecule has 0 radical (unpaired) electrons. The van der Waals surface area contributed by atoms with Crippen LogP contribution in [0.25, 0.3) is 11.1 Å². The van der Waals surface area contributed by atoms with Crippen molar-refractivity contribution in [2.45, 2.75) is 40.0 Å². The minimum atomic E-state index is -0.323. The summed E-state index contributed by atoms with van der Waals surface area (Å²) in [6.45, 7) is 8.17. The van der Waals surface area contributed by atoms with Crippen LogP contribution in [-0.2, 0) is 11.2 Å². The van der Waals surface area contributed by atoms with Crippen LogP contribution in [0.3, 0.4) is 0 Å². The number of carbonyl (C=O) groups is 1. The van der Waals surface area contributed by atoms with Crippen molar-refractivity contribution < 1.29 is 13.9 Å². The molecule has 2 N–H and O–H groups in total. The van der Waals surface area contributed by atoms with Crippen molar-refractivity contribution in [2.75, 3.05) is 11.9 Å². The topological polar surface area (TPSA) is 76.4 Å². The van der Waals surface area contributed by atoms with Gasteiger partial charge in [-0.05, 0) is 79.0 Å². The molecule has 0 atom stereocenters. The van der Waals surface area contributed by atoms with Crippen LogP contribution in [0.15, 0.2) is 65.1 Å². The summed E-state index contributed by atoms with van der Waals surface area (Å²) in [5.74, 6) is 1.48. The summed E-state index contributed by atoms with van der Waals surface area (Å²) in [5, 5.41) is 5.88. The number of aryl methyl sites for hydroxylation is 2. The molecule has 0 bridgehead atoms. The number of hydrogen-bond donors (Lipinski definition) is 2. The highest BCUT2D eigenvalue weighted by molar-refractivity contribution is 7.80. The highest BCUT2D eigenvalue weighted by Gasteiger charge is 2.10. The molecule has 35 heavy (non-hydrogen) atoms. The second kappa shape index (κ2) is 10.7. The molecule has 1 amide bonds. The number of benzene rings is 3. The van der Waals surface area contributed by atoms with E-state index in [0.717, 1.165) is 33.5 Å². The molecule has 0 saturated carbocycles. The number of aromatic nitrogens is 1. The van der Waals surface area contributed by atoms with E-state index in [1.807, 2.05) is 62.4 Å². The standard InChI is InChI=1S/C28H29N3O3S/c1-17(2)21-8-12-25-23(15-21)30-27(34-25)14-20-6-9-22(10-7-20)29-28(35)31-26(32)16-33-24-11-5-18(3)13-19(24)4/h5-13,15,17H,14,16H2,1-4H3,(H2,29,31,32,35). The summed E-state index contributed by atoms with van der Waals surface area (Å²) in [5.41, 5.74) is 6.88. The van der Waals surface area contributed by atoms with Crippen molar-refractivity contribution >= 4 is 40.0 Å². The number of carbonyl (C=O) groups excluding carboxylic acids is 1. The van der Waals surface area contributed by atoms with Gasteiger partial charge in [-0.15, -0.1) is 0 Å². The fourth-order valence-electron chi connectivity index (χ4n) is 3.74. The average molecular weight is 488 g/mol. The summed E-state index contributed by atoms with van der Waals surface area (Å²) in [4.78, 5) is 16.8. The highest BCUT2D eigenvalue weighted by Crippen LogP contribution is 2.23. The molecular weight excluding hydrogens is 458 g/mol. The number of oxazole rings is 1. The number of rotatable bonds is 7. The maximum atomic E-state index is 12.2. The molecule has 1 heterocycles. The molecule has 1 aromatic heterocycles. The Hall–Kier alpha value is -3.71. The van der Waals surface area contributed by atoms with Gasteiger partial charge in [-0.1, -0.05) is 49.7 Å². The first-order valence-corrected chi connectivity index (χ1v) is 12.0. The maximum absolute atomic E-state index is 12.2. The molecule has 4 aromatic rings. The van der Waals surface area contributed by atoms with Crippen LogP contribution in [0.1, 0.15) is 47.9 Å². The molecule has 0 aliphatic rings. The Labute approximate surface area is 210 Å². The van der Waals surface area contributed by atoms with Gasteiger partial charge in [0.25, 0.3) is 5.91 Å². The monoisotopic (exact) mass is 487 g/mol. The molecular formula is C28H29N3O3S. The van der Waals surface area contributed by atoms with E-state index in [1.165, 1.54) is 5.56 Å². The molecule has 3 aromatic carbocycles. The van der Waals surface area contributed by atoms with E-state index in [1.54, 1.807) is 0 Å². The molecule has 0 aliphatic heterocycles. The first kappa shape index (κ1) is 24.4. The zero-order chi connectivity index (χ0) is 24.9. The van der Waals surface area contributed by atoms with E-state index in [2.05, 4.69) is 41.6 Å². The number of nitrogens with zero attached hydrogens (tertiary/aromatic N) is 1. The van der Waals surface area contributed by atoms with Crippen LogP contribution in [0.5, 0.6) is 5.75 Å². The Balaban J connectivity index is 1.28. The van der Waals surface area contributed by atoms with E-state index in [0.29, 0.717) is 24.0 Å². The average Bonchev–Trinajstić information content (AvgIpc) is 3.21. The van der Waals surface area contributed by atoms with E-state index < -0.39 is 0 Å². The van der Waals surface area contributed by atoms with Gasteiger partial charge < -0.3 is 14.5 Å². The predicted molar refractivity (Wildman–Crippen MR) is 143 cm³/mol. The number of anilines is 1. The van der Waals surface area contributed by atoms with E-state index in [4.69, 9.17) is 21.4 Å². The summed E-state index contributed by atoms with van der Waals surface area (Å²) in [6.07, 6.45) is 0.586. The van der Waals surface area contributed by atoms with Crippen molar-refractivity contribution in [3.05, 3.63) is 88.8 Å². The first-order valence-electron chi connectivity index (χ1n) is 11.6. The third-order valence-corrected chi connectivity index (χ3v) is 5.84. The second-order valence-corrected chi connectivity index (χ2v) is 9.33. The van der Waals surface area contributed by atoms with Crippen LogP contribution in [0, 0.1) is 13.8 Å². The number of amides is 1. The lowest BCUT2D eigenvalue weighted by molar-refractivity contribution is -0.121. The molecule has 0 unspecified atom stereocenters. The first-order chi connectivity index (χ1) is 16.8. The van der Waals surface area contributed by atoms with Gasteiger partial charge in [0.2, 0.25) is 0 Å². The number of thiocarbonyl (C=S) groups is 1. The van der Waals surface area contributed by atoms with Crippen LogP contribution in [0.2, 0.25) is 0 Å². The van der Waals surface area contributed by atoms with Gasteiger partial charge >= 0.3 is 0 Å². The van der Waals surface area contributed by atoms with E-state index in [9.17, 15) is 4.79 Å². The van der Waals surface area contributed by atoms with Gasteiger partial charge in [0.05, 0.1) is 0 Å². The predicted octanol–water partition coefficient (Wildman–Crippen LogP) is 6.05. The number of fused-ring (bicyclic) bond motifs is 1. The van der Waals surface area contributed by atoms with Crippen molar-refractivity contribution in [3.63, 3.8) is 0 Å². The van der Waals surface area contributed by atoms with Gasteiger partial charge in [-0.25, -0.2) is 4.98 Å². The zero-order valence-corrected chi connectivity index (χ0v) is 21.2. The summed E-state index contributed by atoms with van der Waals surface area (Å²) < 4.78 is 11.5. The van der Waals surface area contributed by atoms with Gasteiger partial charge in [-0.2, -0.15) is 0 Å². The normalized spacial score (nSPS) is 11.0. The molecule has 0 spiro atoms. The van der Waals surface area contributed by atoms with Crippen LogP contribution in [0.4, 0.5) is 5.69 Å². The third kappa shape index (κ3) is 6.45. The van der Waals surface area contributed by atoms with E-state index >= 15 is 0 Å². The number of nitrogens with one attached hydrogen (secondary N) is 2. The Morgan fingerprint density at radius 2 is 1.83 bits per heavy atom. The number of ether oxygens (including phenoxy) is 1. The van der Waals surface area contributed by atoms with Crippen molar-refractivity contribution in [2.24, 2.45) is 0 Å². The summed E-state index contributed by atoms with van der Waals surface area (Å²) in [7, 11) is 0. The smallest absolute Gasteiger partial charge is 0.264 e. The molecule has 7 heteroatoms. The largest absolute Gasteiger partial charge is 0.483 e. The Morgan fingerprint density at radius 1 is 1.06 bits per heavy atom. The van der Waals surface area contributed by atoms with Gasteiger partial charge in [0.1, 0.15) is 11.3 Å². The minimum absolute atomic E-state index is 0.117. The molecule has 0 fully saturated rings.